The van der Waals surface area contributed by atoms with Crippen LogP contribution < -0.4 is 25.8 Å². The molecule has 0 aliphatic carbocycles. The summed E-state index contributed by atoms with van der Waals surface area (Å²) >= 11 is 6.42. The van der Waals surface area contributed by atoms with Crippen molar-refractivity contribution < 1.29 is 28.0 Å². The van der Waals surface area contributed by atoms with Gasteiger partial charge >= 0.3 is 6.03 Å². The van der Waals surface area contributed by atoms with Crippen molar-refractivity contribution in [1.29, 1.82) is 0 Å². The van der Waals surface area contributed by atoms with Crippen LogP contribution in [-0.4, -0.2) is 131 Å². The van der Waals surface area contributed by atoms with Gasteiger partial charge in [0.05, 0.1) is 35.2 Å². The Morgan fingerprint density at radius 2 is 1.66 bits per heavy atom. The molecule has 5 aliphatic rings. The number of hydrogen-bond acceptors (Lipinski definition) is 10. The number of unbranched alkanes of at least 4 members (excludes halogenated alkanes) is 1. The lowest BCUT2D eigenvalue weighted by Gasteiger charge is -2.48. The van der Waals surface area contributed by atoms with Crippen molar-refractivity contribution in [2.45, 2.75) is 83.7 Å². The number of amides is 5. The van der Waals surface area contributed by atoms with Crippen LogP contribution in [0.25, 0.3) is 5.65 Å². The molecule has 15 nitrogen and oxygen atoms in total. The average molecular weight is 902 g/mol. The quantitative estimate of drug-likeness (QED) is 0.168. The normalized spacial score (nSPS) is 20.9. The van der Waals surface area contributed by atoms with E-state index >= 15 is 8.78 Å². The second-order valence-electron chi connectivity index (χ2n) is 17.7. The van der Waals surface area contributed by atoms with Gasteiger partial charge in [-0.05, 0) is 86.0 Å². The second-order valence-corrected chi connectivity index (χ2v) is 18.1. The first-order chi connectivity index (χ1) is 30.8. The van der Waals surface area contributed by atoms with E-state index in [9.17, 15) is 19.2 Å². The van der Waals surface area contributed by atoms with Crippen LogP contribution in [0, 0.1) is 5.41 Å². The molecule has 1 atom stereocenters. The van der Waals surface area contributed by atoms with Gasteiger partial charge < -0.3 is 20.4 Å². The molecular weight excluding hydrogens is 844 g/mol. The first kappa shape index (κ1) is 45.2. The summed E-state index contributed by atoms with van der Waals surface area (Å²) in [7, 11) is 3.36. The minimum absolute atomic E-state index is 0.132. The minimum Gasteiger partial charge on any atom is -0.385 e. The van der Waals surface area contributed by atoms with Crippen LogP contribution in [0.4, 0.5) is 36.5 Å². The molecule has 342 valence electrons. The summed E-state index contributed by atoms with van der Waals surface area (Å²) < 4.78 is 33.9. The van der Waals surface area contributed by atoms with Gasteiger partial charge in [-0.15, -0.1) is 5.10 Å². The molecular formula is C46H58ClF2N11O4. The predicted molar refractivity (Wildman–Crippen MR) is 243 cm³/mol. The van der Waals surface area contributed by atoms with E-state index < -0.39 is 18.0 Å². The number of likely N-dealkylation sites (tertiary alicyclic amines) is 3. The lowest BCUT2D eigenvalue weighted by Crippen LogP contribution is -2.60. The fraction of sp³-hybridized carbons (Fsp3) is 0.522. The van der Waals surface area contributed by atoms with Gasteiger partial charge in [0.25, 0.3) is 17.7 Å². The first-order valence-corrected chi connectivity index (χ1v) is 22.9. The number of rotatable bonds is 9. The maximum atomic E-state index is 16.2. The van der Waals surface area contributed by atoms with Gasteiger partial charge in [-0.1, -0.05) is 50.4 Å². The van der Waals surface area contributed by atoms with Gasteiger partial charge in [-0.2, -0.15) is 0 Å². The summed E-state index contributed by atoms with van der Waals surface area (Å²) in [5.41, 5.74) is 5.35. The summed E-state index contributed by atoms with van der Waals surface area (Å²) in [5, 5.41) is 13.2. The molecule has 4 saturated heterocycles. The van der Waals surface area contributed by atoms with Crippen LogP contribution in [0.2, 0.25) is 5.02 Å². The Hall–Kier alpha value is -5.39. The minimum atomic E-state index is -2.90. The Labute approximate surface area is 377 Å². The first-order valence-electron chi connectivity index (χ1n) is 22.5. The van der Waals surface area contributed by atoms with Crippen LogP contribution in [0.1, 0.15) is 90.8 Å². The summed E-state index contributed by atoms with van der Waals surface area (Å²) in [5.74, 6) is -3.06. The molecule has 2 aromatic heterocycles. The van der Waals surface area contributed by atoms with E-state index in [1.54, 1.807) is 36.8 Å². The summed E-state index contributed by atoms with van der Waals surface area (Å²) in [6.07, 6.45) is 7.65. The number of carbonyl (C=O) groups excluding carboxylic acids is 4. The van der Waals surface area contributed by atoms with Gasteiger partial charge in [-0.25, -0.2) is 23.1 Å². The van der Waals surface area contributed by atoms with Gasteiger partial charge in [0.1, 0.15) is 0 Å². The number of piperidine rings is 2. The molecule has 64 heavy (non-hydrogen) atoms. The number of halogens is 3. The molecule has 3 N–H and O–H groups in total. The van der Waals surface area contributed by atoms with Crippen LogP contribution >= 0.6 is 11.6 Å². The highest BCUT2D eigenvalue weighted by Gasteiger charge is 2.50. The number of aromatic nitrogens is 3. The number of hydrogen-bond donors (Lipinski definition) is 3. The number of nitrogens with one attached hydrogen (secondary N) is 3. The standard InChI is InChI=1S/C42H48ClF2N11O4.C4H10/c1-46-30-21-35(50-56-33(38(58)47-2)22-48-37(30)56)54-15-8-28-27(4-3-5-31(28)54)23-51-14-9-34(42(44,45)25-51)52-17-11-41(12-18-52)13-19-53(24-41)39(59)26-6-7-29(43)32(20-26)55-16-10-36(57)49-40(55)60;1-3-4-2/h3-7,20-22,34,46H,8-19,23-25H2,1-2H3,(H,47,58)(H,49,57,60);3-4H2,1-2H3. The summed E-state index contributed by atoms with van der Waals surface area (Å²) in [6.45, 7) is 8.07. The molecule has 2 aromatic carbocycles. The zero-order valence-electron chi connectivity index (χ0n) is 37.1. The highest BCUT2D eigenvalue weighted by atomic mass is 35.5. The summed E-state index contributed by atoms with van der Waals surface area (Å²) in [6, 6.07) is 11.4. The van der Waals surface area contributed by atoms with Crippen LogP contribution in [0.15, 0.2) is 48.7 Å². The molecule has 1 unspecified atom stereocenters. The Bertz CT molecular complexity index is 2420. The highest BCUT2D eigenvalue weighted by molar-refractivity contribution is 6.34. The van der Waals surface area contributed by atoms with Gasteiger partial charge in [0, 0.05) is 77.1 Å². The monoisotopic (exact) mass is 901 g/mol. The van der Waals surface area contributed by atoms with Crippen molar-refractivity contribution in [1.82, 2.24) is 39.9 Å². The van der Waals surface area contributed by atoms with E-state index in [0.29, 0.717) is 85.7 Å². The largest absolute Gasteiger partial charge is 0.385 e. The van der Waals surface area contributed by atoms with Crippen molar-refractivity contribution in [2.75, 3.05) is 81.6 Å². The smallest absolute Gasteiger partial charge is 0.328 e. The molecule has 0 saturated carbocycles. The van der Waals surface area contributed by atoms with Crippen molar-refractivity contribution >= 4 is 63.9 Å². The topological polar surface area (TPSA) is 151 Å². The van der Waals surface area contributed by atoms with Crippen LogP contribution in [0.5, 0.6) is 0 Å². The molecule has 0 bridgehead atoms. The number of fused-ring (bicyclic) bond motifs is 2. The van der Waals surface area contributed by atoms with E-state index in [4.69, 9.17) is 16.7 Å². The third-order valence-corrected chi connectivity index (χ3v) is 14.0. The van der Waals surface area contributed by atoms with Crippen LogP contribution in [-0.2, 0) is 17.8 Å². The molecule has 0 radical (unpaired) electrons. The lowest BCUT2D eigenvalue weighted by atomic mass is 9.77. The summed E-state index contributed by atoms with van der Waals surface area (Å²) in [4.78, 5) is 64.0. The molecule has 5 amide bonds. The Balaban J connectivity index is 0.00000135. The number of imidazole rings is 1. The molecule has 4 fully saturated rings. The van der Waals surface area contributed by atoms with E-state index in [2.05, 4.69) is 39.7 Å². The number of urea groups is 1. The van der Waals surface area contributed by atoms with Gasteiger partial charge in [-0.3, -0.25) is 34.4 Å². The third kappa shape index (κ3) is 8.85. The molecule has 7 heterocycles. The zero-order valence-corrected chi connectivity index (χ0v) is 37.8. The third-order valence-electron chi connectivity index (χ3n) is 13.7. The number of alkyl halides is 2. The molecule has 9 rings (SSSR count). The predicted octanol–water partition coefficient (Wildman–Crippen LogP) is 6.57. The van der Waals surface area contributed by atoms with Crippen molar-refractivity contribution in [3.8, 4) is 0 Å². The second kappa shape index (κ2) is 18.6. The van der Waals surface area contributed by atoms with Crippen molar-refractivity contribution in [2.24, 2.45) is 5.41 Å². The number of imide groups is 1. The average Bonchev–Trinajstić information content (AvgIpc) is 4.04. The van der Waals surface area contributed by atoms with Crippen molar-refractivity contribution in [3.05, 3.63) is 76.1 Å². The SMILES string of the molecule is CCCC.CNC(=O)c1cnc2c(NC)cc(N3CCc4c(CN5CCC(N6CCC7(CCN(C(=O)c8ccc(Cl)c(N9CCC(=O)NC9=O)c8)C7)CC6)C(F)(F)C5)cccc43)nn12. The van der Waals surface area contributed by atoms with E-state index in [1.165, 1.54) is 23.9 Å². The maximum Gasteiger partial charge on any atom is 0.328 e. The van der Waals surface area contributed by atoms with E-state index in [0.717, 1.165) is 48.2 Å². The zero-order chi connectivity index (χ0) is 45.3. The molecule has 5 aliphatic heterocycles. The maximum absolute atomic E-state index is 16.2. The highest BCUT2D eigenvalue weighted by Crippen LogP contribution is 2.44. The molecule has 1 spiro atoms. The van der Waals surface area contributed by atoms with Gasteiger partial charge in [0.2, 0.25) is 5.91 Å². The number of anilines is 4. The fourth-order valence-corrected chi connectivity index (χ4v) is 10.1. The Morgan fingerprint density at radius 1 is 0.906 bits per heavy atom. The molecule has 18 heteroatoms. The van der Waals surface area contributed by atoms with E-state index in [-0.39, 0.29) is 42.6 Å². The van der Waals surface area contributed by atoms with E-state index in [1.807, 2.05) is 39.0 Å². The number of carbonyl (C=O) groups is 4. The number of nitrogens with zero attached hydrogens (tertiary/aromatic N) is 8. The Kier molecular flexibility index (Phi) is 13.1. The number of benzene rings is 2. The lowest BCUT2D eigenvalue weighted by molar-refractivity contribution is -0.136. The molecule has 4 aromatic rings. The van der Waals surface area contributed by atoms with Gasteiger partial charge in [0.15, 0.2) is 17.2 Å². The van der Waals surface area contributed by atoms with Crippen molar-refractivity contribution in [3.63, 3.8) is 0 Å². The van der Waals surface area contributed by atoms with Crippen LogP contribution in [0.3, 0.4) is 0 Å². The fourth-order valence-electron chi connectivity index (χ4n) is 9.93. The Morgan fingerprint density at radius 3 is 2.36 bits per heavy atom.